The Labute approximate surface area is 126 Å². The number of halogens is 1. The van der Waals surface area contributed by atoms with Crippen LogP contribution in [0.5, 0.6) is 0 Å². The van der Waals surface area contributed by atoms with Crippen molar-refractivity contribution in [3.05, 3.63) is 63.2 Å². The molecule has 0 fully saturated rings. The average molecular weight is 363 g/mol. The Morgan fingerprint density at radius 2 is 1.74 bits per heavy atom. The molecular weight excluding hydrogens is 349 g/mol. The molecule has 0 heterocycles. The maximum Gasteiger partial charge on any atom is 0.228 e. The predicted octanol–water partition coefficient (Wildman–Crippen LogP) is 3.64. The van der Waals surface area contributed by atoms with E-state index in [4.69, 9.17) is 0 Å². The van der Waals surface area contributed by atoms with Crippen molar-refractivity contribution in [2.45, 2.75) is 12.8 Å². The number of amides is 1. The summed E-state index contributed by atoms with van der Waals surface area (Å²) in [5.41, 5.74) is 3.50. The Bertz CT molecular complexity index is 599. The average Bonchev–Trinajstić information content (AvgIpc) is 2.82. The number of nitrogens with one attached hydrogen (secondary N) is 1. The highest BCUT2D eigenvalue weighted by molar-refractivity contribution is 14.1. The van der Waals surface area contributed by atoms with Gasteiger partial charge < -0.3 is 5.32 Å². The Kier molecular flexibility index (Phi) is 3.55. The molecule has 0 bridgehead atoms. The van der Waals surface area contributed by atoms with Crippen LogP contribution >= 0.6 is 22.6 Å². The van der Waals surface area contributed by atoms with Crippen molar-refractivity contribution in [3.8, 4) is 0 Å². The molecule has 1 amide bonds. The number of benzene rings is 2. The second-order valence-corrected chi connectivity index (χ2v) is 6.12. The van der Waals surface area contributed by atoms with Crippen LogP contribution in [0.25, 0.3) is 0 Å². The zero-order valence-corrected chi connectivity index (χ0v) is 12.6. The van der Waals surface area contributed by atoms with Gasteiger partial charge in [-0.15, -0.1) is 0 Å². The fourth-order valence-corrected chi connectivity index (χ4v) is 3.10. The highest BCUT2D eigenvalue weighted by Crippen LogP contribution is 2.27. The topological polar surface area (TPSA) is 29.1 Å². The van der Waals surface area contributed by atoms with E-state index < -0.39 is 0 Å². The summed E-state index contributed by atoms with van der Waals surface area (Å²) in [4.78, 5) is 12.3. The molecule has 1 aliphatic rings. The van der Waals surface area contributed by atoms with E-state index in [2.05, 4.69) is 40.0 Å². The number of carbonyl (C=O) groups is 1. The second-order valence-electron chi connectivity index (χ2n) is 4.87. The van der Waals surface area contributed by atoms with Crippen LogP contribution in [0.1, 0.15) is 11.1 Å². The standard InChI is InChI=1S/C16H14INO/c17-14-6-3-7-15(10-14)18-16(19)13-8-11-4-1-2-5-12(11)9-13/h1-7,10,13H,8-9H2,(H,18,19). The van der Waals surface area contributed by atoms with Gasteiger partial charge in [0.15, 0.2) is 0 Å². The summed E-state index contributed by atoms with van der Waals surface area (Å²) in [5.74, 6) is 0.188. The summed E-state index contributed by atoms with van der Waals surface area (Å²) in [6.45, 7) is 0. The van der Waals surface area contributed by atoms with E-state index in [0.717, 1.165) is 22.1 Å². The van der Waals surface area contributed by atoms with Crippen LogP contribution in [0.2, 0.25) is 0 Å². The molecule has 1 N–H and O–H groups in total. The highest BCUT2D eigenvalue weighted by atomic mass is 127. The van der Waals surface area contributed by atoms with Crippen LogP contribution in [0.3, 0.4) is 0 Å². The quantitative estimate of drug-likeness (QED) is 0.811. The molecule has 0 radical (unpaired) electrons. The maximum atomic E-state index is 12.3. The van der Waals surface area contributed by atoms with Crippen molar-refractivity contribution in [1.82, 2.24) is 0 Å². The Morgan fingerprint density at radius 1 is 1.05 bits per heavy atom. The van der Waals surface area contributed by atoms with E-state index in [1.165, 1.54) is 11.1 Å². The lowest BCUT2D eigenvalue weighted by Crippen LogP contribution is -2.23. The lowest BCUT2D eigenvalue weighted by Gasteiger charge is -2.10. The molecule has 0 saturated heterocycles. The molecule has 3 rings (SSSR count). The van der Waals surface area contributed by atoms with Gasteiger partial charge in [-0.2, -0.15) is 0 Å². The molecule has 0 spiro atoms. The smallest absolute Gasteiger partial charge is 0.228 e. The van der Waals surface area contributed by atoms with Crippen molar-refractivity contribution in [3.63, 3.8) is 0 Å². The Morgan fingerprint density at radius 3 is 2.37 bits per heavy atom. The van der Waals surface area contributed by atoms with Crippen molar-refractivity contribution in [2.24, 2.45) is 5.92 Å². The van der Waals surface area contributed by atoms with E-state index >= 15 is 0 Å². The summed E-state index contributed by atoms with van der Waals surface area (Å²) in [7, 11) is 0. The minimum absolute atomic E-state index is 0.0651. The van der Waals surface area contributed by atoms with Gasteiger partial charge in [0.2, 0.25) is 5.91 Å². The molecule has 2 aromatic carbocycles. The minimum atomic E-state index is 0.0651. The zero-order valence-electron chi connectivity index (χ0n) is 10.4. The first-order valence-electron chi connectivity index (χ1n) is 6.35. The van der Waals surface area contributed by atoms with E-state index in [0.29, 0.717) is 0 Å². The van der Waals surface area contributed by atoms with Gasteiger partial charge in [-0.1, -0.05) is 30.3 Å². The van der Waals surface area contributed by atoms with Gasteiger partial charge in [-0.3, -0.25) is 4.79 Å². The van der Waals surface area contributed by atoms with Gasteiger partial charge in [0.1, 0.15) is 0 Å². The summed E-state index contributed by atoms with van der Waals surface area (Å²) < 4.78 is 1.13. The van der Waals surface area contributed by atoms with Gasteiger partial charge >= 0.3 is 0 Å². The summed E-state index contributed by atoms with van der Waals surface area (Å²) >= 11 is 2.25. The van der Waals surface area contributed by atoms with E-state index in [1.54, 1.807) is 0 Å². The highest BCUT2D eigenvalue weighted by Gasteiger charge is 2.26. The molecule has 3 heteroatoms. The SMILES string of the molecule is O=C(Nc1cccc(I)c1)C1Cc2ccccc2C1. The fourth-order valence-electron chi connectivity index (χ4n) is 2.55. The summed E-state index contributed by atoms with van der Waals surface area (Å²) in [6, 6.07) is 16.2. The van der Waals surface area contributed by atoms with Gasteiger partial charge in [0.25, 0.3) is 0 Å². The normalized spacial score (nSPS) is 14.2. The molecule has 1 aliphatic carbocycles. The number of rotatable bonds is 2. The van der Waals surface area contributed by atoms with Crippen molar-refractivity contribution in [1.29, 1.82) is 0 Å². The third-order valence-corrected chi connectivity index (χ3v) is 4.18. The molecule has 19 heavy (non-hydrogen) atoms. The Hall–Kier alpha value is -1.36. The van der Waals surface area contributed by atoms with Crippen LogP contribution < -0.4 is 5.32 Å². The first-order chi connectivity index (χ1) is 9.22. The zero-order chi connectivity index (χ0) is 13.2. The lowest BCUT2D eigenvalue weighted by atomic mass is 10.1. The van der Waals surface area contributed by atoms with Crippen molar-refractivity contribution < 1.29 is 4.79 Å². The summed E-state index contributed by atoms with van der Waals surface area (Å²) in [5, 5.41) is 3.02. The van der Waals surface area contributed by atoms with E-state index in [-0.39, 0.29) is 11.8 Å². The molecule has 0 saturated carbocycles. The number of fused-ring (bicyclic) bond motifs is 1. The van der Waals surface area contributed by atoms with Crippen LogP contribution in [0.15, 0.2) is 48.5 Å². The number of carbonyl (C=O) groups excluding carboxylic acids is 1. The molecule has 2 nitrogen and oxygen atoms in total. The Balaban J connectivity index is 1.70. The second kappa shape index (κ2) is 5.33. The first kappa shape index (κ1) is 12.7. The van der Waals surface area contributed by atoms with E-state index in [1.807, 2.05) is 36.4 Å². The van der Waals surface area contributed by atoms with Gasteiger partial charge in [0.05, 0.1) is 0 Å². The predicted molar refractivity (Wildman–Crippen MR) is 85.1 cm³/mol. The van der Waals surface area contributed by atoms with Gasteiger partial charge in [-0.25, -0.2) is 0 Å². The van der Waals surface area contributed by atoms with Crippen LogP contribution in [-0.2, 0) is 17.6 Å². The number of hydrogen-bond acceptors (Lipinski definition) is 1. The van der Waals surface area contributed by atoms with Gasteiger partial charge in [-0.05, 0) is 64.8 Å². The fraction of sp³-hybridized carbons (Fsp3) is 0.188. The van der Waals surface area contributed by atoms with Crippen LogP contribution in [0.4, 0.5) is 5.69 Å². The molecule has 0 atom stereocenters. The number of hydrogen-bond donors (Lipinski definition) is 1. The molecule has 0 unspecified atom stereocenters. The largest absolute Gasteiger partial charge is 0.326 e. The monoisotopic (exact) mass is 363 g/mol. The summed E-state index contributed by atoms with van der Waals surface area (Å²) in [6.07, 6.45) is 1.71. The molecule has 2 aromatic rings. The molecular formula is C16H14INO. The van der Waals surface area contributed by atoms with Crippen LogP contribution in [0, 0.1) is 9.49 Å². The van der Waals surface area contributed by atoms with Crippen molar-refractivity contribution in [2.75, 3.05) is 5.32 Å². The van der Waals surface area contributed by atoms with Crippen LogP contribution in [-0.4, -0.2) is 5.91 Å². The molecule has 96 valence electrons. The number of anilines is 1. The maximum absolute atomic E-state index is 12.3. The van der Waals surface area contributed by atoms with Crippen molar-refractivity contribution >= 4 is 34.2 Å². The third kappa shape index (κ3) is 2.81. The molecule has 0 aliphatic heterocycles. The van der Waals surface area contributed by atoms with Gasteiger partial charge in [0, 0.05) is 15.2 Å². The van der Waals surface area contributed by atoms with E-state index in [9.17, 15) is 4.79 Å². The first-order valence-corrected chi connectivity index (χ1v) is 7.43. The molecule has 0 aromatic heterocycles. The third-order valence-electron chi connectivity index (χ3n) is 3.51. The lowest BCUT2D eigenvalue weighted by molar-refractivity contribution is -0.119. The minimum Gasteiger partial charge on any atom is -0.326 e.